The van der Waals surface area contributed by atoms with Crippen molar-refractivity contribution >= 4 is 34.2 Å². The first-order chi connectivity index (χ1) is 8.99. The molecule has 110 valence electrons. The van der Waals surface area contributed by atoms with Crippen LogP contribution in [-0.4, -0.2) is 11.5 Å². The maximum atomic E-state index is 13.1. The number of guanidine groups is 1. The summed E-state index contributed by atoms with van der Waals surface area (Å²) in [6, 6.07) is 5.88. The lowest BCUT2D eigenvalue weighted by Crippen LogP contribution is -2.33. The molecule has 1 rings (SSSR count). The Hall–Kier alpha value is -1.18. The van der Waals surface area contributed by atoms with Gasteiger partial charge in [-0.2, -0.15) is 8.78 Å². The van der Waals surface area contributed by atoms with Crippen LogP contribution in [0, 0.1) is 0 Å². The molecule has 0 saturated carbocycles. The van der Waals surface area contributed by atoms with E-state index in [1.807, 2.05) is 20.8 Å². The second-order valence-corrected chi connectivity index (χ2v) is 6.70. The number of hydrogen-bond donors (Lipinski definition) is 2. The lowest BCUT2D eigenvalue weighted by molar-refractivity contribution is 0.127. The SMILES string of the molecule is C=C(NC(N)=NC(C)(C)C)c1ccc(C(F)(F)I)cc1. The molecule has 1 aromatic rings. The summed E-state index contributed by atoms with van der Waals surface area (Å²) in [5.41, 5.74) is 6.60. The number of nitrogens with zero attached hydrogens (tertiary/aromatic N) is 1. The normalized spacial score (nSPS) is 13.2. The third kappa shape index (κ3) is 5.44. The molecule has 0 spiro atoms. The summed E-state index contributed by atoms with van der Waals surface area (Å²) in [5.74, 6) is 0.241. The Morgan fingerprint density at radius 2 is 1.75 bits per heavy atom. The third-order valence-corrected chi connectivity index (χ3v) is 2.92. The van der Waals surface area contributed by atoms with Crippen LogP contribution in [0.15, 0.2) is 35.8 Å². The quantitative estimate of drug-likeness (QED) is 0.355. The van der Waals surface area contributed by atoms with Crippen LogP contribution in [0.2, 0.25) is 0 Å². The van der Waals surface area contributed by atoms with Gasteiger partial charge in [-0.05, 0) is 26.3 Å². The van der Waals surface area contributed by atoms with E-state index in [-0.39, 0.29) is 17.1 Å². The van der Waals surface area contributed by atoms with Gasteiger partial charge in [0.25, 0.3) is 0 Å². The number of benzene rings is 1. The summed E-state index contributed by atoms with van der Waals surface area (Å²) in [6.07, 6.45) is 0. The van der Waals surface area contributed by atoms with Crippen molar-refractivity contribution in [1.82, 2.24) is 5.32 Å². The lowest BCUT2D eigenvalue weighted by atomic mass is 10.1. The average Bonchev–Trinajstić information content (AvgIpc) is 2.25. The second kappa shape index (κ2) is 6.07. The molecule has 0 saturated heterocycles. The van der Waals surface area contributed by atoms with E-state index in [2.05, 4.69) is 16.9 Å². The molecule has 0 atom stereocenters. The van der Waals surface area contributed by atoms with E-state index in [0.717, 1.165) is 22.6 Å². The largest absolute Gasteiger partial charge is 0.370 e. The van der Waals surface area contributed by atoms with Crippen LogP contribution < -0.4 is 11.1 Å². The molecule has 20 heavy (non-hydrogen) atoms. The summed E-state index contributed by atoms with van der Waals surface area (Å²) >= 11 is 1.10. The molecule has 0 aliphatic carbocycles. The minimum atomic E-state index is -2.88. The molecule has 0 amide bonds. The number of aliphatic imine (C=N–C) groups is 1. The van der Waals surface area contributed by atoms with Gasteiger partial charge in [-0.3, -0.25) is 0 Å². The van der Waals surface area contributed by atoms with E-state index < -0.39 is 3.93 Å². The van der Waals surface area contributed by atoms with Crippen molar-refractivity contribution in [3.63, 3.8) is 0 Å². The predicted molar refractivity (Wildman–Crippen MR) is 87.9 cm³/mol. The van der Waals surface area contributed by atoms with Crippen molar-refractivity contribution in [3.05, 3.63) is 42.0 Å². The first-order valence-corrected chi connectivity index (χ1v) is 7.06. The number of nitrogens with one attached hydrogen (secondary N) is 1. The number of nitrogens with two attached hydrogens (primary N) is 1. The minimum absolute atomic E-state index is 0.0500. The van der Waals surface area contributed by atoms with Crippen LogP contribution in [-0.2, 0) is 3.93 Å². The van der Waals surface area contributed by atoms with Gasteiger partial charge in [0, 0.05) is 33.9 Å². The highest BCUT2D eigenvalue weighted by Crippen LogP contribution is 2.35. The van der Waals surface area contributed by atoms with Crippen molar-refractivity contribution < 1.29 is 8.78 Å². The van der Waals surface area contributed by atoms with Gasteiger partial charge in [0.2, 0.25) is 0 Å². The number of rotatable bonds is 3. The summed E-state index contributed by atoms with van der Waals surface area (Å²) in [4.78, 5) is 4.23. The highest BCUT2D eigenvalue weighted by atomic mass is 127. The fraction of sp³-hybridized carbons (Fsp3) is 0.357. The zero-order valence-electron chi connectivity index (χ0n) is 11.7. The fourth-order valence-corrected chi connectivity index (χ4v) is 1.84. The fourth-order valence-electron chi connectivity index (χ4n) is 1.48. The molecule has 0 radical (unpaired) electrons. The molecule has 3 nitrogen and oxygen atoms in total. The van der Waals surface area contributed by atoms with Gasteiger partial charge in [0.05, 0.1) is 5.54 Å². The van der Waals surface area contributed by atoms with Gasteiger partial charge in [-0.15, -0.1) is 0 Å². The van der Waals surface area contributed by atoms with Crippen molar-refractivity contribution in [2.45, 2.75) is 30.2 Å². The molecule has 0 aliphatic heterocycles. The molecule has 0 fully saturated rings. The van der Waals surface area contributed by atoms with Crippen LogP contribution in [0.5, 0.6) is 0 Å². The zero-order valence-corrected chi connectivity index (χ0v) is 13.8. The Morgan fingerprint density at radius 3 is 2.15 bits per heavy atom. The Morgan fingerprint density at radius 1 is 1.25 bits per heavy atom. The molecule has 6 heteroatoms. The predicted octanol–water partition coefficient (Wildman–Crippen LogP) is 3.84. The molecular formula is C14H18F2IN3. The van der Waals surface area contributed by atoms with Gasteiger partial charge < -0.3 is 11.1 Å². The first kappa shape index (κ1) is 16.9. The monoisotopic (exact) mass is 393 g/mol. The topological polar surface area (TPSA) is 50.4 Å². The standard InChI is InChI=1S/C14H18F2IN3/c1-9(19-12(18)20-13(2,3)4)10-5-7-11(8-6-10)14(15,16)17/h5-8H,1H2,2-4H3,(H3,18,19,20). The van der Waals surface area contributed by atoms with Crippen molar-refractivity contribution in [2.75, 3.05) is 0 Å². The summed E-state index contributed by atoms with van der Waals surface area (Å²) in [5, 5.41) is 2.85. The molecule has 0 bridgehead atoms. The summed E-state index contributed by atoms with van der Waals surface area (Å²) < 4.78 is 23.3. The highest BCUT2D eigenvalue weighted by molar-refractivity contribution is 14.1. The van der Waals surface area contributed by atoms with Crippen LogP contribution in [0.4, 0.5) is 8.78 Å². The van der Waals surface area contributed by atoms with Gasteiger partial charge in [-0.1, -0.05) is 30.8 Å². The van der Waals surface area contributed by atoms with Gasteiger partial charge in [0.1, 0.15) is 0 Å². The summed E-state index contributed by atoms with van der Waals surface area (Å²) in [7, 11) is 0. The Bertz CT molecular complexity index is 511. The third-order valence-electron chi connectivity index (χ3n) is 2.30. The maximum absolute atomic E-state index is 13.1. The molecular weight excluding hydrogens is 375 g/mol. The highest BCUT2D eigenvalue weighted by Gasteiger charge is 2.26. The molecule has 0 aliphatic rings. The molecule has 0 heterocycles. The van der Waals surface area contributed by atoms with E-state index in [0.29, 0.717) is 11.3 Å². The number of halogens is 3. The first-order valence-electron chi connectivity index (χ1n) is 5.98. The van der Waals surface area contributed by atoms with Gasteiger partial charge in [0.15, 0.2) is 5.96 Å². The van der Waals surface area contributed by atoms with E-state index in [9.17, 15) is 8.78 Å². The van der Waals surface area contributed by atoms with Crippen LogP contribution in [0.3, 0.4) is 0 Å². The summed E-state index contributed by atoms with van der Waals surface area (Å²) in [6.45, 7) is 9.58. The Balaban J connectivity index is 2.82. The maximum Gasteiger partial charge on any atom is 0.321 e. The molecule has 1 aromatic carbocycles. The van der Waals surface area contributed by atoms with Crippen LogP contribution >= 0.6 is 22.6 Å². The molecule has 3 N–H and O–H groups in total. The van der Waals surface area contributed by atoms with E-state index in [1.54, 1.807) is 12.1 Å². The zero-order chi connectivity index (χ0) is 15.6. The van der Waals surface area contributed by atoms with E-state index >= 15 is 0 Å². The lowest BCUT2D eigenvalue weighted by Gasteiger charge is -2.16. The molecule has 0 aromatic heterocycles. The van der Waals surface area contributed by atoms with Gasteiger partial charge in [-0.25, -0.2) is 4.99 Å². The van der Waals surface area contributed by atoms with Crippen molar-refractivity contribution in [1.29, 1.82) is 0 Å². The second-order valence-electron chi connectivity index (χ2n) is 5.35. The van der Waals surface area contributed by atoms with Crippen molar-refractivity contribution in [3.8, 4) is 0 Å². The Kier molecular flexibility index (Phi) is 5.12. The number of alkyl halides is 3. The van der Waals surface area contributed by atoms with E-state index in [4.69, 9.17) is 5.73 Å². The van der Waals surface area contributed by atoms with E-state index in [1.165, 1.54) is 12.1 Å². The molecule has 0 unspecified atom stereocenters. The van der Waals surface area contributed by atoms with Gasteiger partial charge >= 0.3 is 3.93 Å². The smallest absolute Gasteiger partial charge is 0.321 e. The minimum Gasteiger partial charge on any atom is -0.370 e. The van der Waals surface area contributed by atoms with Crippen LogP contribution in [0.25, 0.3) is 5.70 Å². The van der Waals surface area contributed by atoms with Crippen LogP contribution in [0.1, 0.15) is 31.9 Å². The average molecular weight is 393 g/mol. The Labute approximate surface area is 131 Å². The number of hydrogen-bond acceptors (Lipinski definition) is 1. The van der Waals surface area contributed by atoms with Crippen molar-refractivity contribution in [2.24, 2.45) is 10.7 Å².